The molecule has 0 aromatic carbocycles. The molecule has 2 heterocycles. The Bertz CT molecular complexity index is 275. The van der Waals surface area contributed by atoms with E-state index in [9.17, 15) is 0 Å². The van der Waals surface area contributed by atoms with E-state index in [1.54, 1.807) is 0 Å². The van der Waals surface area contributed by atoms with Gasteiger partial charge in [0.15, 0.2) is 0 Å². The standard InChI is InChI=1S/C14H28N2O2/c1-10-8-17-13(4)7-16(10)14(9-15)5-11(2)18-12(3)6-14/h10-13H,5-9,15H2,1-4H3. The third-order valence-electron chi connectivity index (χ3n) is 4.40. The Morgan fingerprint density at radius 2 is 1.72 bits per heavy atom. The lowest BCUT2D eigenvalue weighted by Crippen LogP contribution is -2.65. The topological polar surface area (TPSA) is 47.7 Å². The minimum atomic E-state index is 0.0918. The van der Waals surface area contributed by atoms with Crippen LogP contribution in [-0.4, -0.2) is 54.5 Å². The van der Waals surface area contributed by atoms with Gasteiger partial charge in [0.25, 0.3) is 0 Å². The number of morpholine rings is 1. The third kappa shape index (κ3) is 2.72. The normalized spacial score (nSPS) is 47.2. The molecule has 0 bridgehead atoms. The molecule has 2 aliphatic heterocycles. The molecule has 2 fully saturated rings. The predicted molar refractivity (Wildman–Crippen MR) is 72.6 cm³/mol. The van der Waals surface area contributed by atoms with Gasteiger partial charge in [0.1, 0.15) is 0 Å². The number of rotatable bonds is 2. The van der Waals surface area contributed by atoms with E-state index >= 15 is 0 Å². The van der Waals surface area contributed by atoms with E-state index in [2.05, 4.69) is 32.6 Å². The lowest BCUT2D eigenvalue weighted by molar-refractivity contribution is -0.149. The second-order valence-electron chi connectivity index (χ2n) is 6.24. The Morgan fingerprint density at radius 1 is 1.11 bits per heavy atom. The maximum atomic E-state index is 6.16. The molecule has 4 nitrogen and oxygen atoms in total. The van der Waals surface area contributed by atoms with Gasteiger partial charge in [-0.15, -0.1) is 0 Å². The van der Waals surface area contributed by atoms with Gasteiger partial charge in [0.2, 0.25) is 0 Å². The third-order valence-corrected chi connectivity index (χ3v) is 4.40. The van der Waals surface area contributed by atoms with Crippen molar-refractivity contribution < 1.29 is 9.47 Å². The fraction of sp³-hybridized carbons (Fsp3) is 1.00. The highest BCUT2D eigenvalue weighted by Gasteiger charge is 2.45. The molecule has 4 heteroatoms. The van der Waals surface area contributed by atoms with Gasteiger partial charge in [-0.2, -0.15) is 0 Å². The van der Waals surface area contributed by atoms with Gasteiger partial charge in [0, 0.05) is 24.7 Å². The molecule has 4 unspecified atom stereocenters. The van der Waals surface area contributed by atoms with Crippen LogP contribution in [0.5, 0.6) is 0 Å². The van der Waals surface area contributed by atoms with Gasteiger partial charge in [-0.3, -0.25) is 4.90 Å². The van der Waals surface area contributed by atoms with Gasteiger partial charge < -0.3 is 15.2 Å². The van der Waals surface area contributed by atoms with E-state index in [-0.39, 0.29) is 5.54 Å². The summed E-state index contributed by atoms with van der Waals surface area (Å²) in [5.74, 6) is 0. The van der Waals surface area contributed by atoms with Gasteiger partial charge in [-0.05, 0) is 40.5 Å². The Morgan fingerprint density at radius 3 is 2.28 bits per heavy atom. The lowest BCUT2D eigenvalue weighted by atomic mass is 9.81. The van der Waals surface area contributed by atoms with E-state index in [1.165, 1.54) is 0 Å². The smallest absolute Gasteiger partial charge is 0.0675 e. The van der Waals surface area contributed by atoms with E-state index in [1.807, 2.05) is 0 Å². The SMILES string of the molecule is CC1CN(C2(CN)CC(C)OC(C)C2)C(C)CO1. The zero-order valence-electron chi connectivity index (χ0n) is 12.2. The second-order valence-corrected chi connectivity index (χ2v) is 6.24. The van der Waals surface area contributed by atoms with Crippen molar-refractivity contribution in [2.45, 2.75) is 70.4 Å². The van der Waals surface area contributed by atoms with Crippen LogP contribution in [0.4, 0.5) is 0 Å². The molecular formula is C14H28N2O2. The minimum Gasteiger partial charge on any atom is -0.376 e. The number of nitrogens with two attached hydrogens (primary N) is 1. The second kappa shape index (κ2) is 5.45. The van der Waals surface area contributed by atoms with Crippen LogP contribution in [0.25, 0.3) is 0 Å². The molecule has 0 amide bonds. The first-order chi connectivity index (χ1) is 8.47. The lowest BCUT2D eigenvalue weighted by Gasteiger charge is -2.54. The highest BCUT2D eigenvalue weighted by molar-refractivity contribution is 5.00. The van der Waals surface area contributed by atoms with Crippen LogP contribution in [0.15, 0.2) is 0 Å². The van der Waals surface area contributed by atoms with Crippen LogP contribution < -0.4 is 5.73 Å². The van der Waals surface area contributed by atoms with Crippen molar-refractivity contribution in [1.82, 2.24) is 4.90 Å². The first-order valence-electron chi connectivity index (χ1n) is 7.21. The highest BCUT2D eigenvalue weighted by Crippen LogP contribution is 2.36. The molecule has 2 aliphatic rings. The molecule has 2 rings (SSSR count). The summed E-state index contributed by atoms with van der Waals surface area (Å²) in [6.07, 6.45) is 2.96. The maximum Gasteiger partial charge on any atom is 0.0675 e. The highest BCUT2D eigenvalue weighted by atomic mass is 16.5. The summed E-state index contributed by atoms with van der Waals surface area (Å²) < 4.78 is 11.6. The van der Waals surface area contributed by atoms with Crippen LogP contribution >= 0.6 is 0 Å². The van der Waals surface area contributed by atoms with Crippen LogP contribution in [0, 0.1) is 0 Å². The van der Waals surface area contributed by atoms with Gasteiger partial charge in [-0.25, -0.2) is 0 Å². The first-order valence-corrected chi connectivity index (χ1v) is 7.21. The van der Waals surface area contributed by atoms with Gasteiger partial charge in [0.05, 0.1) is 24.9 Å². The number of hydrogen-bond donors (Lipinski definition) is 1. The summed E-state index contributed by atoms with van der Waals surface area (Å²) in [7, 11) is 0. The fourth-order valence-electron chi connectivity index (χ4n) is 3.73. The Balaban J connectivity index is 2.19. The van der Waals surface area contributed by atoms with Gasteiger partial charge >= 0.3 is 0 Å². The predicted octanol–water partition coefficient (Wildman–Crippen LogP) is 1.38. The Kier molecular flexibility index (Phi) is 4.32. The summed E-state index contributed by atoms with van der Waals surface area (Å²) in [4.78, 5) is 2.58. The summed E-state index contributed by atoms with van der Waals surface area (Å²) in [6.45, 7) is 11.2. The molecule has 106 valence electrons. The molecule has 4 atom stereocenters. The van der Waals surface area contributed by atoms with Crippen molar-refractivity contribution in [2.24, 2.45) is 5.73 Å². The Labute approximate surface area is 111 Å². The number of hydrogen-bond acceptors (Lipinski definition) is 4. The number of ether oxygens (including phenoxy) is 2. The number of nitrogens with zero attached hydrogens (tertiary/aromatic N) is 1. The molecule has 0 aromatic rings. The van der Waals surface area contributed by atoms with Crippen molar-refractivity contribution in [2.75, 3.05) is 19.7 Å². The van der Waals surface area contributed by atoms with Crippen LogP contribution in [0.3, 0.4) is 0 Å². The van der Waals surface area contributed by atoms with Gasteiger partial charge in [-0.1, -0.05) is 0 Å². The molecule has 0 radical (unpaired) electrons. The molecule has 0 aromatic heterocycles. The van der Waals surface area contributed by atoms with Crippen molar-refractivity contribution in [3.05, 3.63) is 0 Å². The largest absolute Gasteiger partial charge is 0.376 e. The average Bonchev–Trinajstić information content (AvgIpc) is 2.31. The van der Waals surface area contributed by atoms with Crippen molar-refractivity contribution >= 4 is 0 Å². The quantitative estimate of drug-likeness (QED) is 0.811. The molecule has 0 spiro atoms. The Hall–Kier alpha value is -0.160. The molecule has 0 saturated carbocycles. The summed E-state index contributed by atoms with van der Waals surface area (Å²) in [5.41, 5.74) is 6.25. The fourth-order valence-corrected chi connectivity index (χ4v) is 3.73. The monoisotopic (exact) mass is 256 g/mol. The maximum absolute atomic E-state index is 6.16. The van der Waals surface area contributed by atoms with Crippen LogP contribution in [-0.2, 0) is 9.47 Å². The van der Waals surface area contributed by atoms with Crippen molar-refractivity contribution in [1.29, 1.82) is 0 Å². The van der Waals surface area contributed by atoms with Crippen LogP contribution in [0.1, 0.15) is 40.5 Å². The molecule has 2 saturated heterocycles. The average molecular weight is 256 g/mol. The van der Waals surface area contributed by atoms with Crippen molar-refractivity contribution in [3.63, 3.8) is 0 Å². The molecule has 0 aliphatic carbocycles. The summed E-state index contributed by atoms with van der Waals surface area (Å²) in [6, 6.07) is 0.447. The summed E-state index contributed by atoms with van der Waals surface area (Å²) in [5, 5.41) is 0. The van der Waals surface area contributed by atoms with Crippen molar-refractivity contribution in [3.8, 4) is 0 Å². The van der Waals surface area contributed by atoms with E-state index < -0.39 is 0 Å². The minimum absolute atomic E-state index is 0.0918. The van der Waals surface area contributed by atoms with E-state index in [0.29, 0.717) is 30.9 Å². The molecular weight excluding hydrogens is 228 g/mol. The van der Waals surface area contributed by atoms with E-state index in [4.69, 9.17) is 15.2 Å². The van der Waals surface area contributed by atoms with E-state index in [0.717, 1.165) is 26.0 Å². The first kappa shape index (κ1) is 14.3. The summed E-state index contributed by atoms with van der Waals surface area (Å²) >= 11 is 0. The zero-order chi connectivity index (χ0) is 13.3. The molecule has 18 heavy (non-hydrogen) atoms. The van der Waals surface area contributed by atoms with Crippen LogP contribution in [0.2, 0.25) is 0 Å². The molecule has 2 N–H and O–H groups in total. The zero-order valence-corrected chi connectivity index (χ0v) is 12.2.